The fourth-order valence-corrected chi connectivity index (χ4v) is 4.41. The Morgan fingerprint density at radius 3 is 2.80 bits per heavy atom. The van der Waals surface area contributed by atoms with Crippen molar-refractivity contribution in [1.82, 2.24) is 14.8 Å². The lowest BCUT2D eigenvalue weighted by Crippen LogP contribution is -2.39. The van der Waals surface area contributed by atoms with Gasteiger partial charge in [0.2, 0.25) is 0 Å². The molecule has 2 aromatic rings. The Morgan fingerprint density at radius 1 is 1.52 bits per heavy atom. The first-order valence-corrected chi connectivity index (χ1v) is 8.97. The summed E-state index contributed by atoms with van der Waals surface area (Å²) in [5.74, 6) is -0.0973. The molecule has 1 amide bonds. The van der Waals surface area contributed by atoms with Gasteiger partial charge in [0.25, 0.3) is 12.3 Å². The zero-order valence-corrected chi connectivity index (χ0v) is 15.5. The van der Waals surface area contributed by atoms with Crippen molar-refractivity contribution < 1.29 is 18.4 Å². The fraction of sp³-hybridized carbons (Fsp3) is 0.500. The number of hydroxylamine groups is 2. The number of carbonyl (C=O) groups excluding carboxylic acids is 1. The second-order valence-corrected chi connectivity index (χ2v) is 7.85. The van der Waals surface area contributed by atoms with Crippen LogP contribution in [0.15, 0.2) is 18.3 Å². The van der Waals surface area contributed by atoms with Gasteiger partial charge in [-0.05, 0) is 37.3 Å². The summed E-state index contributed by atoms with van der Waals surface area (Å²) in [6.07, 6.45) is -0.623. The van der Waals surface area contributed by atoms with Gasteiger partial charge in [-0.1, -0.05) is 11.6 Å². The Labute approximate surface area is 153 Å². The predicted octanol–water partition coefficient (Wildman–Crippen LogP) is 4.27. The number of alkyl halides is 2. The summed E-state index contributed by atoms with van der Waals surface area (Å²) < 4.78 is 28.2. The lowest BCUT2D eigenvalue weighted by Gasteiger charge is -2.26. The van der Waals surface area contributed by atoms with Gasteiger partial charge >= 0.3 is 0 Å². The molecule has 1 fully saturated rings. The minimum Gasteiger partial charge on any atom is -0.275 e. The van der Waals surface area contributed by atoms with Crippen molar-refractivity contribution >= 4 is 28.8 Å². The first kappa shape index (κ1) is 18.3. The molecular formula is C16H18ClF2N3O2S. The van der Waals surface area contributed by atoms with Gasteiger partial charge in [-0.25, -0.2) is 13.8 Å². The quantitative estimate of drug-likeness (QED) is 0.693. The van der Waals surface area contributed by atoms with Gasteiger partial charge in [0.05, 0.1) is 23.1 Å². The van der Waals surface area contributed by atoms with E-state index in [-0.39, 0.29) is 17.5 Å². The topological polar surface area (TPSA) is 47.4 Å². The summed E-state index contributed by atoms with van der Waals surface area (Å²) in [5, 5.41) is 4.85. The van der Waals surface area contributed by atoms with Crippen molar-refractivity contribution in [3.8, 4) is 0 Å². The van der Waals surface area contributed by atoms with Crippen LogP contribution in [-0.2, 0) is 11.9 Å². The summed E-state index contributed by atoms with van der Waals surface area (Å²) in [6.45, 7) is 1.86. The maximum atomic E-state index is 13.1. The molecule has 0 spiro atoms. The maximum absolute atomic E-state index is 13.1. The number of aromatic nitrogens is 2. The Balaban J connectivity index is 1.77. The van der Waals surface area contributed by atoms with Crippen LogP contribution in [0.4, 0.5) is 8.78 Å². The standard InChI is InChI=1S/C16H18ClF2N3O2S/c1-8(9-6-10(9)12-4-5-13(17)25-12)22(24-3)16(23)11-7-21(2)20-14(11)15(18)19/h4-5,7-10,15H,6H2,1-3H3/t8?,9-,10+/m0/s1. The number of thiophene rings is 1. The first-order chi connectivity index (χ1) is 11.8. The average Bonchev–Trinajstić information content (AvgIpc) is 3.08. The third kappa shape index (κ3) is 3.56. The Morgan fingerprint density at radius 2 is 2.24 bits per heavy atom. The summed E-state index contributed by atoms with van der Waals surface area (Å²) in [4.78, 5) is 19.1. The Bertz CT molecular complexity index is 779. The van der Waals surface area contributed by atoms with Crippen LogP contribution >= 0.6 is 22.9 Å². The number of amides is 1. The summed E-state index contributed by atoms with van der Waals surface area (Å²) in [5.41, 5.74) is -0.665. The fourth-order valence-electron chi connectivity index (χ4n) is 3.16. The third-order valence-corrected chi connectivity index (χ3v) is 5.84. The van der Waals surface area contributed by atoms with E-state index < -0.39 is 18.0 Å². The molecule has 9 heteroatoms. The van der Waals surface area contributed by atoms with Crippen LogP contribution in [0.3, 0.4) is 0 Å². The summed E-state index contributed by atoms with van der Waals surface area (Å²) in [6, 6.07) is 3.58. The maximum Gasteiger partial charge on any atom is 0.282 e. The molecule has 0 aromatic carbocycles. The molecular weight excluding hydrogens is 372 g/mol. The van der Waals surface area contributed by atoms with Gasteiger partial charge in [0.15, 0.2) is 0 Å². The molecule has 0 saturated heterocycles. The molecule has 2 heterocycles. The molecule has 1 unspecified atom stereocenters. The van der Waals surface area contributed by atoms with Crippen LogP contribution in [0.2, 0.25) is 4.34 Å². The van der Waals surface area contributed by atoms with E-state index in [1.807, 2.05) is 19.1 Å². The number of hydrogen-bond donors (Lipinski definition) is 0. The van der Waals surface area contributed by atoms with Crippen LogP contribution in [0.1, 0.15) is 46.6 Å². The van der Waals surface area contributed by atoms with E-state index in [0.717, 1.165) is 10.8 Å². The molecule has 0 radical (unpaired) electrons. The van der Waals surface area contributed by atoms with E-state index >= 15 is 0 Å². The molecule has 0 N–H and O–H groups in total. The van der Waals surface area contributed by atoms with Gasteiger partial charge in [0, 0.05) is 18.1 Å². The lowest BCUT2D eigenvalue weighted by molar-refractivity contribution is -0.124. The van der Waals surface area contributed by atoms with E-state index in [1.54, 1.807) is 0 Å². The smallest absolute Gasteiger partial charge is 0.275 e. The summed E-state index contributed by atoms with van der Waals surface area (Å²) >= 11 is 7.50. The van der Waals surface area contributed by atoms with Crippen LogP contribution in [0.5, 0.6) is 0 Å². The minimum atomic E-state index is -2.82. The van der Waals surface area contributed by atoms with E-state index in [9.17, 15) is 13.6 Å². The second kappa shape index (κ2) is 7.01. The van der Waals surface area contributed by atoms with Gasteiger partial charge in [-0.2, -0.15) is 5.10 Å². The SMILES string of the molecule is CON(C(=O)c1cn(C)nc1C(F)F)C(C)[C@@H]1C[C@H]1c1ccc(Cl)s1. The molecule has 25 heavy (non-hydrogen) atoms. The molecule has 0 aliphatic heterocycles. The normalized spacial score (nSPS) is 20.8. The molecule has 3 atom stereocenters. The van der Waals surface area contributed by atoms with E-state index in [2.05, 4.69) is 5.10 Å². The van der Waals surface area contributed by atoms with Crippen LogP contribution in [0, 0.1) is 5.92 Å². The molecule has 0 bridgehead atoms. The molecule has 5 nitrogen and oxygen atoms in total. The molecule has 2 aromatic heterocycles. The van der Waals surface area contributed by atoms with Crippen LogP contribution < -0.4 is 0 Å². The largest absolute Gasteiger partial charge is 0.282 e. The molecule has 1 aliphatic carbocycles. The summed E-state index contributed by atoms with van der Waals surface area (Å²) in [7, 11) is 2.87. The van der Waals surface area contributed by atoms with Gasteiger partial charge in [-0.15, -0.1) is 11.3 Å². The monoisotopic (exact) mass is 389 g/mol. The number of aryl methyl sites for hydroxylation is 1. The molecule has 1 aliphatic rings. The number of nitrogens with zero attached hydrogens (tertiary/aromatic N) is 3. The van der Waals surface area contributed by atoms with Gasteiger partial charge < -0.3 is 0 Å². The number of rotatable bonds is 6. The number of hydrogen-bond acceptors (Lipinski definition) is 4. The average molecular weight is 390 g/mol. The first-order valence-electron chi connectivity index (χ1n) is 7.78. The molecule has 3 rings (SSSR count). The lowest BCUT2D eigenvalue weighted by atomic mass is 10.1. The van der Waals surface area contributed by atoms with E-state index in [0.29, 0.717) is 5.92 Å². The van der Waals surface area contributed by atoms with E-state index in [1.165, 1.54) is 46.3 Å². The van der Waals surface area contributed by atoms with Crippen molar-refractivity contribution in [3.63, 3.8) is 0 Å². The second-order valence-electron chi connectivity index (χ2n) is 6.10. The highest BCUT2D eigenvalue weighted by Gasteiger charge is 2.47. The van der Waals surface area contributed by atoms with Crippen LogP contribution in [0.25, 0.3) is 0 Å². The minimum absolute atomic E-state index is 0.137. The molecule has 136 valence electrons. The third-order valence-electron chi connectivity index (χ3n) is 4.48. The van der Waals surface area contributed by atoms with Crippen molar-refractivity contribution in [1.29, 1.82) is 0 Å². The zero-order valence-electron chi connectivity index (χ0n) is 13.9. The number of carbonyl (C=O) groups is 1. The highest BCUT2D eigenvalue weighted by atomic mass is 35.5. The van der Waals surface area contributed by atoms with Crippen molar-refractivity contribution in [2.75, 3.05) is 7.11 Å². The van der Waals surface area contributed by atoms with Gasteiger partial charge in [0.1, 0.15) is 5.69 Å². The van der Waals surface area contributed by atoms with Crippen molar-refractivity contribution in [2.45, 2.75) is 31.7 Å². The van der Waals surface area contributed by atoms with Gasteiger partial charge in [-0.3, -0.25) is 14.3 Å². The molecule has 1 saturated carbocycles. The van der Waals surface area contributed by atoms with Crippen LogP contribution in [-0.4, -0.2) is 33.9 Å². The van der Waals surface area contributed by atoms with Crippen molar-refractivity contribution in [3.05, 3.63) is 38.8 Å². The number of halogens is 3. The Hall–Kier alpha value is -1.51. The van der Waals surface area contributed by atoms with Crippen molar-refractivity contribution in [2.24, 2.45) is 13.0 Å². The highest BCUT2D eigenvalue weighted by Crippen LogP contribution is 2.53. The zero-order chi connectivity index (χ0) is 18.3. The highest BCUT2D eigenvalue weighted by molar-refractivity contribution is 7.16. The Kier molecular flexibility index (Phi) is 5.13. The van der Waals surface area contributed by atoms with E-state index in [4.69, 9.17) is 16.4 Å². The predicted molar refractivity (Wildman–Crippen MR) is 91.0 cm³/mol.